The summed E-state index contributed by atoms with van der Waals surface area (Å²) in [5.41, 5.74) is 1.94. The van der Waals surface area contributed by atoms with Gasteiger partial charge in [0.15, 0.2) is 0 Å². The van der Waals surface area contributed by atoms with E-state index in [4.69, 9.17) is 4.74 Å². The number of rotatable bonds is 5. The third-order valence-corrected chi connectivity index (χ3v) is 6.46. The van der Waals surface area contributed by atoms with E-state index >= 15 is 0 Å². The largest absolute Gasteiger partial charge is 0.380 e. The molecule has 0 N–H and O–H groups in total. The van der Waals surface area contributed by atoms with Crippen LogP contribution in [0.5, 0.6) is 0 Å². The highest BCUT2D eigenvalue weighted by Crippen LogP contribution is 2.30. The fourth-order valence-corrected chi connectivity index (χ4v) is 5.10. The van der Waals surface area contributed by atoms with E-state index in [1.165, 1.54) is 0 Å². The molecule has 130 valence electrons. The highest BCUT2D eigenvalue weighted by Gasteiger charge is 2.41. The van der Waals surface area contributed by atoms with Crippen LogP contribution in [-0.4, -0.2) is 48.3 Å². The van der Waals surface area contributed by atoms with Gasteiger partial charge in [-0.25, -0.2) is 8.42 Å². The zero-order valence-electron chi connectivity index (χ0n) is 14.2. The number of methoxy groups -OCH3 is 1. The first kappa shape index (κ1) is 17.1. The maximum Gasteiger partial charge on any atom is 0.243 e. The molecule has 0 aliphatic carbocycles. The molecule has 6 nitrogen and oxygen atoms in total. The molecule has 0 unspecified atom stereocenters. The van der Waals surface area contributed by atoms with Crippen LogP contribution >= 0.6 is 0 Å². The second kappa shape index (κ2) is 6.66. The quantitative estimate of drug-likeness (QED) is 0.825. The zero-order valence-corrected chi connectivity index (χ0v) is 15.0. The second-order valence-electron chi connectivity index (χ2n) is 6.29. The van der Waals surface area contributed by atoms with Crippen LogP contribution in [-0.2, 0) is 28.2 Å². The van der Waals surface area contributed by atoms with Crippen molar-refractivity contribution in [1.29, 1.82) is 0 Å². The van der Waals surface area contributed by atoms with Gasteiger partial charge in [-0.1, -0.05) is 12.1 Å². The SMILES string of the molecule is CO[C@@H]1CCN(S(=O)(=O)c2cccc(C)c2)[C@H]1Cc1cnn(C)c1. The van der Waals surface area contributed by atoms with Crippen molar-refractivity contribution in [3.05, 3.63) is 47.8 Å². The molecule has 3 rings (SSSR count). The van der Waals surface area contributed by atoms with E-state index in [0.29, 0.717) is 24.3 Å². The van der Waals surface area contributed by atoms with E-state index in [1.54, 1.807) is 40.5 Å². The first-order valence-corrected chi connectivity index (χ1v) is 9.44. The molecule has 7 heteroatoms. The van der Waals surface area contributed by atoms with Gasteiger partial charge in [-0.05, 0) is 43.0 Å². The monoisotopic (exact) mass is 349 g/mol. The number of benzene rings is 1. The summed E-state index contributed by atoms with van der Waals surface area (Å²) < 4.78 is 35.1. The molecule has 0 radical (unpaired) electrons. The summed E-state index contributed by atoms with van der Waals surface area (Å²) in [4.78, 5) is 0.343. The molecule has 1 saturated heterocycles. The van der Waals surface area contributed by atoms with Gasteiger partial charge in [0.1, 0.15) is 0 Å². The number of ether oxygens (including phenoxy) is 1. The van der Waals surface area contributed by atoms with E-state index < -0.39 is 10.0 Å². The summed E-state index contributed by atoms with van der Waals surface area (Å²) in [6, 6.07) is 6.83. The minimum Gasteiger partial charge on any atom is -0.380 e. The summed E-state index contributed by atoms with van der Waals surface area (Å²) in [5.74, 6) is 0. The van der Waals surface area contributed by atoms with E-state index in [-0.39, 0.29) is 12.1 Å². The molecule has 0 bridgehead atoms. The summed E-state index contributed by atoms with van der Waals surface area (Å²) in [5, 5.41) is 4.17. The minimum absolute atomic E-state index is 0.107. The van der Waals surface area contributed by atoms with Crippen LogP contribution in [0.25, 0.3) is 0 Å². The van der Waals surface area contributed by atoms with Crippen LogP contribution in [0, 0.1) is 6.92 Å². The summed E-state index contributed by atoms with van der Waals surface area (Å²) in [6.07, 6.45) is 4.89. The molecule has 24 heavy (non-hydrogen) atoms. The maximum atomic E-state index is 13.1. The number of aromatic nitrogens is 2. The number of nitrogens with zero attached hydrogens (tertiary/aromatic N) is 3. The van der Waals surface area contributed by atoms with Gasteiger partial charge in [0, 0.05) is 26.9 Å². The molecular formula is C17H23N3O3S. The van der Waals surface area contributed by atoms with Crippen molar-refractivity contribution in [2.24, 2.45) is 7.05 Å². The predicted molar refractivity (Wildman–Crippen MR) is 91.2 cm³/mol. The molecule has 2 heterocycles. The van der Waals surface area contributed by atoms with Gasteiger partial charge < -0.3 is 4.74 Å². The topological polar surface area (TPSA) is 64.4 Å². The molecule has 1 aliphatic heterocycles. The molecule has 1 fully saturated rings. The number of aryl methyl sites for hydroxylation is 2. The average molecular weight is 349 g/mol. The minimum atomic E-state index is -3.54. The lowest BCUT2D eigenvalue weighted by Gasteiger charge is -2.26. The van der Waals surface area contributed by atoms with Gasteiger partial charge in [0.25, 0.3) is 0 Å². The van der Waals surface area contributed by atoms with Crippen LogP contribution in [0.2, 0.25) is 0 Å². The Hall–Kier alpha value is -1.70. The third kappa shape index (κ3) is 3.24. The van der Waals surface area contributed by atoms with Crippen LogP contribution in [0.1, 0.15) is 17.5 Å². The highest BCUT2D eigenvalue weighted by atomic mass is 32.2. The number of hydrogen-bond acceptors (Lipinski definition) is 4. The van der Waals surface area contributed by atoms with Crippen molar-refractivity contribution in [1.82, 2.24) is 14.1 Å². The molecule has 1 aliphatic rings. The summed E-state index contributed by atoms with van der Waals surface area (Å²) in [7, 11) is -0.0436. The fourth-order valence-electron chi connectivity index (χ4n) is 3.33. The van der Waals surface area contributed by atoms with Crippen molar-refractivity contribution in [2.45, 2.75) is 36.8 Å². The first-order valence-electron chi connectivity index (χ1n) is 8.00. The van der Waals surface area contributed by atoms with Crippen molar-refractivity contribution in [3.8, 4) is 0 Å². The van der Waals surface area contributed by atoms with E-state index in [1.807, 2.05) is 26.2 Å². The smallest absolute Gasteiger partial charge is 0.243 e. The Morgan fingerprint density at radius 3 is 2.79 bits per heavy atom. The Morgan fingerprint density at radius 2 is 2.17 bits per heavy atom. The molecule has 2 atom stereocenters. The van der Waals surface area contributed by atoms with Gasteiger partial charge in [-0.2, -0.15) is 9.40 Å². The Labute approximate surface area is 143 Å². The molecular weight excluding hydrogens is 326 g/mol. The summed E-state index contributed by atoms with van der Waals surface area (Å²) >= 11 is 0. The Bertz CT molecular complexity index is 816. The lowest BCUT2D eigenvalue weighted by atomic mass is 10.1. The third-order valence-electron chi connectivity index (χ3n) is 4.54. The number of sulfonamides is 1. The molecule has 2 aromatic rings. The van der Waals surface area contributed by atoms with Gasteiger partial charge in [0.2, 0.25) is 10.0 Å². The van der Waals surface area contributed by atoms with Crippen molar-refractivity contribution < 1.29 is 13.2 Å². The van der Waals surface area contributed by atoms with Crippen LogP contribution in [0.15, 0.2) is 41.6 Å². The Morgan fingerprint density at radius 1 is 1.38 bits per heavy atom. The van der Waals surface area contributed by atoms with Gasteiger partial charge in [0.05, 0.1) is 23.2 Å². The molecule has 1 aromatic carbocycles. The second-order valence-corrected chi connectivity index (χ2v) is 8.18. The predicted octanol–water partition coefficient (Wildman–Crippen LogP) is 1.75. The molecule has 0 spiro atoms. The molecule has 0 amide bonds. The van der Waals surface area contributed by atoms with Crippen LogP contribution < -0.4 is 0 Å². The molecule has 1 aromatic heterocycles. The van der Waals surface area contributed by atoms with Gasteiger partial charge >= 0.3 is 0 Å². The van der Waals surface area contributed by atoms with Crippen LogP contribution in [0.4, 0.5) is 0 Å². The first-order chi connectivity index (χ1) is 11.4. The van der Waals surface area contributed by atoms with Gasteiger partial charge in [-0.3, -0.25) is 4.68 Å². The number of hydrogen-bond donors (Lipinski definition) is 0. The van der Waals surface area contributed by atoms with Crippen LogP contribution in [0.3, 0.4) is 0 Å². The Balaban J connectivity index is 1.92. The molecule has 0 saturated carbocycles. The average Bonchev–Trinajstić information content (AvgIpc) is 3.14. The van der Waals surface area contributed by atoms with Crippen molar-refractivity contribution in [3.63, 3.8) is 0 Å². The fraction of sp³-hybridized carbons (Fsp3) is 0.471. The standard InChI is InChI=1S/C17H23N3O3S/c1-13-5-4-6-15(9-13)24(21,22)20-8-7-17(23-3)16(20)10-14-11-18-19(2)12-14/h4-6,9,11-12,16-17H,7-8,10H2,1-3H3/t16-,17+/m0/s1. The normalized spacial score (nSPS) is 22.1. The zero-order chi connectivity index (χ0) is 17.3. The lowest BCUT2D eigenvalue weighted by molar-refractivity contribution is 0.0810. The van der Waals surface area contributed by atoms with E-state index in [0.717, 1.165) is 11.1 Å². The van der Waals surface area contributed by atoms with Crippen molar-refractivity contribution >= 4 is 10.0 Å². The Kier molecular flexibility index (Phi) is 4.76. The van der Waals surface area contributed by atoms with Gasteiger partial charge in [-0.15, -0.1) is 0 Å². The van der Waals surface area contributed by atoms with E-state index in [9.17, 15) is 8.42 Å². The maximum absolute atomic E-state index is 13.1. The summed E-state index contributed by atoms with van der Waals surface area (Å²) in [6.45, 7) is 2.37. The van der Waals surface area contributed by atoms with Crippen molar-refractivity contribution in [2.75, 3.05) is 13.7 Å². The lowest BCUT2D eigenvalue weighted by Crippen LogP contribution is -2.41. The van der Waals surface area contributed by atoms with E-state index in [2.05, 4.69) is 5.10 Å². The highest BCUT2D eigenvalue weighted by molar-refractivity contribution is 7.89.